The Balaban J connectivity index is 1.66. The number of aromatic carboxylic acids is 1. The molecule has 138 valence electrons. The summed E-state index contributed by atoms with van der Waals surface area (Å²) in [5.41, 5.74) is 2.42. The van der Waals surface area contributed by atoms with Gasteiger partial charge in [-0.05, 0) is 32.0 Å². The number of aromatic nitrogens is 6. The van der Waals surface area contributed by atoms with Crippen molar-refractivity contribution in [2.45, 2.75) is 23.9 Å². The van der Waals surface area contributed by atoms with Gasteiger partial charge in [0.25, 0.3) is 5.56 Å². The van der Waals surface area contributed by atoms with Gasteiger partial charge in [0.1, 0.15) is 5.01 Å². The lowest BCUT2D eigenvalue weighted by molar-refractivity contribution is 0.0697. The first-order valence-corrected chi connectivity index (χ1v) is 9.69. The average Bonchev–Trinajstić information content (AvgIpc) is 3.31. The number of carboxylic acid groups (broad SMARTS) is 1. The smallest absolute Gasteiger partial charge is 0.335 e. The maximum absolute atomic E-state index is 12.6. The number of thioether (sulfide) groups is 1. The Morgan fingerprint density at radius 1 is 1.33 bits per heavy atom. The zero-order valence-corrected chi connectivity index (χ0v) is 15.9. The van der Waals surface area contributed by atoms with Crippen LogP contribution in [0.4, 0.5) is 0 Å². The van der Waals surface area contributed by atoms with Crippen molar-refractivity contribution in [1.29, 1.82) is 0 Å². The second kappa shape index (κ2) is 6.67. The topological polar surface area (TPSA) is 130 Å². The Morgan fingerprint density at radius 2 is 2.15 bits per heavy atom. The summed E-state index contributed by atoms with van der Waals surface area (Å²) in [7, 11) is 0. The van der Waals surface area contributed by atoms with E-state index in [2.05, 4.69) is 25.3 Å². The number of H-pyrrole nitrogens is 2. The van der Waals surface area contributed by atoms with Crippen molar-refractivity contribution in [3.63, 3.8) is 0 Å². The maximum atomic E-state index is 12.6. The number of hydrogen-bond acceptors (Lipinski definition) is 7. The highest BCUT2D eigenvalue weighted by Crippen LogP contribution is 2.25. The molecular formula is C16H14N6O3S2. The Hall–Kier alpha value is -2.92. The van der Waals surface area contributed by atoms with Crippen molar-refractivity contribution in [2.24, 2.45) is 0 Å². The number of fused-ring (bicyclic) bond motifs is 1. The molecule has 11 heteroatoms. The van der Waals surface area contributed by atoms with E-state index in [0.29, 0.717) is 28.3 Å². The van der Waals surface area contributed by atoms with E-state index in [1.54, 1.807) is 13.0 Å². The van der Waals surface area contributed by atoms with E-state index in [1.807, 2.05) is 6.92 Å². The molecule has 0 bridgehead atoms. The highest BCUT2D eigenvalue weighted by molar-refractivity contribution is 8.00. The predicted molar refractivity (Wildman–Crippen MR) is 102 cm³/mol. The van der Waals surface area contributed by atoms with Crippen molar-refractivity contribution in [3.05, 3.63) is 50.4 Å². The molecule has 0 saturated carbocycles. The summed E-state index contributed by atoms with van der Waals surface area (Å²) in [4.78, 5) is 31.1. The van der Waals surface area contributed by atoms with Crippen LogP contribution in [-0.4, -0.2) is 41.0 Å². The van der Waals surface area contributed by atoms with E-state index in [4.69, 9.17) is 5.11 Å². The van der Waals surface area contributed by atoms with Gasteiger partial charge in [0.15, 0.2) is 4.34 Å². The third-order valence-corrected chi connectivity index (χ3v) is 6.00. The highest BCUT2D eigenvalue weighted by atomic mass is 32.2. The molecule has 0 atom stereocenters. The van der Waals surface area contributed by atoms with Gasteiger partial charge in [-0.25, -0.2) is 9.78 Å². The fraction of sp³-hybridized carbons (Fsp3) is 0.188. The molecule has 0 fully saturated rings. The van der Waals surface area contributed by atoms with Gasteiger partial charge in [0.2, 0.25) is 5.95 Å². The molecule has 1 aromatic carbocycles. The summed E-state index contributed by atoms with van der Waals surface area (Å²) in [5, 5.41) is 21.1. The van der Waals surface area contributed by atoms with Crippen LogP contribution in [0, 0.1) is 13.8 Å². The second-order valence-electron chi connectivity index (χ2n) is 5.83. The number of nitrogens with zero attached hydrogens (tertiary/aromatic N) is 4. The number of imidazole rings is 1. The zero-order valence-electron chi connectivity index (χ0n) is 14.3. The van der Waals surface area contributed by atoms with Crippen LogP contribution in [0.25, 0.3) is 17.0 Å². The summed E-state index contributed by atoms with van der Waals surface area (Å²) in [6, 6.07) is 4.57. The monoisotopic (exact) mass is 402 g/mol. The lowest BCUT2D eigenvalue weighted by Gasteiger charge is -1.97. The molecule has 0 aliphatic carbocycles. The lowest BCUT2D eigenvalue weighted by atomic mass is 10.2. The molecule has 4 aromatic rings. The first-order chi connectivity index (χ1) is 12.9. The largest absolute Gasteiger partial charge is 0.478 e. The normalized spacial score (nSPS) is 11.3. The maximum Gasteiger partial charge on any atom is 0.335 e. The SMILES string of the molecule is Cc1nnc(SCc2[nH]n(-c3nc4ccc(C(=O)O)cc4[nH]3)c(=O)c2C)s1. The number of carbonyl (C=O) groups is 1. The summed E-state index contributed by atoms with van der Waals surface area (Å²) >= 11 is 3.00. The molecule has 0 radical (unpaired) electrons. The van der Waals surface area contributed by atoms with E-state index < -0.39 is 5.97 Å². The Labute approximate surface area is 160 Å². The Bertz CT molecular complexity index is 1220. The van der Waals surface area contributed by atoms with E-state index in [1.165, 1.54) is 39.9 Å². The third-order valence-electron chi connectivity index (χ3n) is 4.00. The summed E-state index contributed by atoms with van der Waals surface area (Å²) in [6.45, 7) is 3.64. The first-order valence-electron chi connectivity index (χ1n) is 7.89. The van der Waals surface area contributed by atoms with E-state index >= 15 is 0 Å². The zero-order chi connectivity index (χ0) is 19.1. The molecule has 4 rings (SSSR count). The number of aryl methyl sites for hydroxylation is 1. The fourth-order valence-corrected chi connectivity index (χ4v) is 4.40. The molecule has 27 heavy (non-hydrogen) atoms. The molecule has 0 amide bonds. The second-order valence-corrected chi connectivity index (χ2v) is 8.23. The molecule has 9 nitrogen and oxygen atoms in total. The van der Waals surface area contributed by atoms with Gasteiger partial charge in [0, 0.05) is 11.3 Å². The van der Waals surface area contributed by atoms with Gasteiger partial charge in [-0.3, -0.25) is 9.89 Å². The van der Waals surface area contributed by atoms with Crippen molar-refractivity contribution < 1.29 is 9.90 Å². The molecule has 3 aromatic heterocycles. The molecule has 0 aliphatic rings. The molecular weight excluding hydrogens is 388 g/mol. The summed E-state index contributed by atoms with van der Waals surface area (Å²) < 4.78 is 2.17. The van der Waals surface area contributed by atoms with Gasteiger partial charge in [-0.2, -0.15) is 4.68 Å². The van der Waals surface area contributed by atoms with Crippen molar-refractivity contribution in [2.75, 3.05) is 0 Å². The van der Waals surface area contributed by atoms with Crippen LogP contribution in [0.3, 0.4) is 0 Å². The van der Waals surface area contributed by atoms with Crippen molar-refractivity contribution in [3.8, 4) is 5.95 Å². The van der Waals surface area contributed by atoms with Crippen LogP contribution >= 0.6 is 23.1 Å². The number of aromatic amines is 2. The Kier molecular flexibility index (Phi) is 4.32. The molecule has 0 spiro atoms. The third kappa shape index (κ3) is 3.26. The van der Waals surface area contributed by atoms with Crippen LogP contribution in [0.2, 0.25) is 0 Å². The number of benzene rings is 1. The summed E-state index contributed by atoms with van der Waals surface area (Å²) in [5.74, 6) is -0.164. The van der Waals surface area contributed by atoms with E-state index in [9.17, 15) is 9.59 Å². The van der Waals surface area contributed by atoms with Gasteiger partial charge < -0.3 is 10.1 Å². The van der Waals surface area contributed by atoms with Crippen LogP contribution in [0.5, 0.6) is 0 Å². The van der Waals surface area contributed by atoms with Crippen molar-refractivity contribution >= 4 is 40.1 Å². The van der Waals surface area contributed by atoms with Gasteiger partial charge >= 0.3 is 5.97 Å². The Morgan fingerprint density at radius 3 is 2.85 bits per heavy atom. The highest BCUT2D eigenvalue weighted by Gasteiger charge is 2.16. The van der Waals surface area contributed by atoms with Gasteiger partial charge in [0.05, 0.1) is 22.3 Å². The lowest BCUT2D eigenvalue weighted by Crippen LogP contribution is -2.16. The van der Waals surface area contributed by atoms with Crippen LogP contribution in [0.1, 0.15) is 26.6 Å². The average molecular weight is 402 g/mol. The molecule has 0 aliphatic heterocycles. The van der Waals surface area contributed by atoms with Crippen molar-refractivity contribution in [1.82, 2.24) is 29.9 Å². The number of carboxylic acids is 1. The van der Waals surface area contributed by atoms with Crippen LogP contribution < -0.4 is 5.56 Å². The molecule has 3 N–H and O–H groups in total. The van der Waals surface area contributed by atoms with Gasteiger partial charge in [-0.15, -0.1) is 10.2 Å². The molecule has 3 heterocycles. The predicted octanol–water partition coefficient (Wildman–Crippen LogP) is 2.50. The number of hydrogen-bond donors (Lipinski definition) is 3. The summed E-state index contributed by atoms with van der Waals surface area (Å²) in [6.07, 6.45) is 0. The number of rotatable bonds is 5. The molecule has 0 unspecified atom stereocenters. The fourth-order valence-electron chi connectivity index (χ4n) is 2.56. The minimum Gasteiger partial charge on any atom is -0.478 e. The van der Waals surface area contributed by atoms with Crippen LogP contribution in [0.15, 0.2) is 27.3 Å². The minimum atomic E-state index is -1.02. The standard InChI is InChI=1S/C16H14N6O3S2/c1-7-12(6-26-16-20-19-8(2)27-16)21-22(13(7)23)15-17-10-4-3-9(14(24)25)5-11(10)18-15/h3-5,21H,6H2,1-2H3,(H,17,18)(H,24,25). The first kappa shape index (κ1) is 17.5. The van der Waals surface area contributed by atoms with E-state index in [-0.39, 0.29) is 11.1 Å². The molecule has 0 saturated heterocycles. The number of nitrogens with one attached hydrogen (secondary N) is 2. The minimum absolute atomic E-state index is 0.150. The quantitative estimate of drug-likeness (QED) is 0.437. The van der Waals surface area contributed by atoms with E-state index in [0.717, 1.165) is 15.0 Å². The van der Waals surface area contributed by atoms with Crippen LogP contribution in [-0.2, 0) is 5.75 Å². The van der Waals surface area contributed by atoms with Gasteiger partial charge in [-0.1, -0.05) is 23.1 Å².